The van der Waals surface area contributed by atoms with Crippen LogP contribution in [0, 0.1) is 5.92 Å². The summed E-state index contributed by atoms with van der Waals surface area (Å²) < 4.78 is 24.4. The molecule has 2 rings (SSSR count). The normalized spacial score (nSPS) is 22.9. The number of carboxylic acids is 1. The molecule has 2 N–H and O–H groups in total. The first-order valence-corrected chi connectivity index (χ1v) is 8.36. The van der Waals surface area contributed by atoms with Gasteiger partial charge in [-0.2, -0.15) is 0 Å². The van der Waals surface area contributed by atoms with Gasteiger partial charge in [0.15, 0.2) is 9.84 Å². The smallest absolute Gasteiger partial charge is 0.320 e. The van der Waals surface area contributed by atoms with E-state index in [-0.39, 0.29) is 21.6 Å². The van der Waals surface area contributed by atoms with Crippen molar-refractivity contribution < 1.29 is 18.3 Å². The fraction of sp³-hybridized carbons (Fsp3) is 0.462. The SMILES string of the molecule is O=C(O)[C@@H]1C[C@H](CCS(=O)(=O)c2ccccc2Cl)CN1. The summed E-state index contributed by atoms with van der Waals surface area (Å²) in [6.45, 7) is 0.537. The van der Waals surface area contributed by atoms with E-state index in [1.807, 2.05) is 0 Å². The van der Waals surface area contributed by atoms with E-state index in [2.05, 4.69) is 5.32 Å². The molecule has 7 heteroatoms. The van der Waals surface area contributed by atoms with Gasteiger partial charge in [-0.1, -0.05) is 23.7 Å². The summed E-state index contributed by atoms with van der Waals surface area (Å²) in [5.74, 6) is -0.843. The zero-order chi connectivity index (χ0) is 14.8. The molecule has 1 fully saturated rings. The van der Waals surface area contributed by atoms with Gasteiger partial charge in [0.2, 0.25) is 0 Å². The summed E-state index contributed by atoms with van der Waals surface area (Å²) >= 11 is 5.90. The molecule has 1 heterocycles. The molecule has 1 aromatic carbocycles. The van der Waals surface area contributed by atoms with Gasteiger partial charge in [0.05, 0.1) is 15.7 Å². The van der Waals surface area contributed by atoms with Crippen LogP contribution in [0.4, 0.5) is 0 Å². The standard InChI is InChI=1S/C13H16ClNO4S/c14-10-3-1-2-4-12(10)20(18,19)6-5-9-7-11(13(16)17)15-8-9/h1-4,9,11,15H,5-8H2,(H,16,17)/t9-,11-/m0/s1. The van der Waals surface area contributed by atoms with E-state index in [1.54, 1.807) is 18.2 Å². The second-order valence-corrected chi connectivity index (χ2v) is 7.42. The van der Waals surface area contributed by atoms with Crippen molar-refractivity contribution >= 4 is 27.4 Å². The fourth-order valence-electron chi connectivity index (χ4n) is 2.35. The van der Waals surface area contributed by atoms with Crippen molar-refractivity contribution in [3.8, 4) is 0 Å². The number of carbonyl (C=O) groups is 1. The van der Waals surface area contributed by atoms with Gasteiger partial charge in [-0.15, -0.1) is 0 Å². The van der Waals surface area contributed by atoms with Crippen LogP contribution < -0.4 is 5.32 Å². The van der Waals surface area contributed by atoms with Crippen LogP contribution in [0.15, 0.2) is 29.2 Å². The maximum Gasteiger partial charge on any atom is 0.320 e. The molecule has 1 aliphatic heterocycles. The van der Waals surface area contributed by atoms with Crippen molar-refractivity contribution in [2.45, 2.75) is 23.8 Å². The van der Waals surface area contributed by atoms with E-state index in [0.717, 1.165) is 0 Å². The number of hydrogen-bond donors (Lipinski definition) is 2. The van der Waals surface area contributed by atoms with Crippen molar-refractivity contribution in [2.24, 2.45) is 5.92 Å². The molecule has 1 saturated heterocycles. The Hall–Kier alpha value is -1.11. The van der Waals surface area contributed by atoms with Gasteiger partial charge in [0, 0.05) is 0 Å². The van der Waals surface area contributed by atoms with Gasteiger partial charge in [-0.25, -0.2) is 8.42 Å². The molecule has 0 amide bonds. The zero-order valence-electron chi connectivity index (χ0n) is 10.8. The van der Waals surface area contributed by atoms with Crippen LogP contribution in [0.5, 0.6) is 0 Å². The van der Waals surface area contributed by atoms with Crippen molar-refractivity contribution in [1.29, 1.82) is 0 Å². The largest absolute Gasteiger partial charge is 0.480 e. The number of nitrogens with one attached hydrogen (secondary N) is 1. The third kappa shape index (κ3) is 3.50. The summed E-state index contributed by atoms with van der Waals surface area (Å²) in [5, 5.41) is 12.0. The molecule has 5 nitrogen and oxygen atoms in total. The van der Waals surface area contributed by atoms with Gasteiger partial charge in [-0.05, 0) is 37.4 Å². The van der Waals surface area contributed by atoms with Crippen LogP contribution in [-0.2, 0) is 14.6 Å². The minimum absolute atomic E-state index is 0.0184. The van der Waals surface area contributed by atoms with Crippen molar-refractivity contribution in [2.75, 3.05) is 12.3 Å². The van der Waals surface area contributed by atoms with Crippen LogP contribution in [0.2, 0.25) is 5.02 Å². The maximum atomic E-state index is 12.2. The average Bonchev–Trinajstić information content (AvgIpc) is 2.86. The summed E-state index contributed by atoms with van der Waals surface area (Å²) in [4.78, 5) is 11.0. The molecule has 110 valence electrons. The lowest BCUT2D eigenvalue weighted by atomic mass is 10.0. The Morgan fingerprint density at radius 1 is 1.40 bits per heavy atom. The first-order valence-electron chi connectivity index (χ1n) is 6.33. The summed E-state index contributed by atoms with van der Waals surface area (Å²) in [6.07, 6.45) is 0.901. The van der Waals surface area contributed by atoms with Crippen LogP contribution in [0.3, 0.4) is 0 Å². The van der Waals surface area contributed by atoms with Crippen LogP contribution in [0.1, 0.15) is 12.8 Å². The van der Waals surface area contributed by atoms with Gasteiger partial charge < -0.3 is 10.4 Å². The zero-order valence-corrected chi connectivity index (χ0v) is 12.3. The molecule has 0 bridgehead atoms. The summed E-state index contributed by atoms with van der Waals surface area (Å²) in [6, 6.07) is 5.79. The predicted molar refractivity (Wildman–Crippen MR) is 75.7 cm³/mol. The van der Waals surface area contributed by atoms with E-state index in [9.17, 15) is 13.2 Å². The number of hydrogen-bond acceptors (Lipinski definition) is 4. The van der Waals surface area contributed by atoms with Crippen molar-refractivity contribution in [3.63, 3.8) is 0 Å². The number of sulfone groups is 1. The minimum Gasteiger partial charge on any atom is -0.480 e. The van der Waals surface area contributed by atoms with Crippen LogP contribution in [0.25, 0.3) is 0 Å². The summed E-state index contributed by atoms with van der Waals surface area (Å²) in [7, 11) is -3.42. The van der Waals surface area contributed by atoms with E-state index in [0.29, 0.717) is 19.4 Å². The Kier molecular flexibility index (Phi) is 4.67. The Bertz CT molecular complexity index is 602. The van der Waals surface area contributed by atoms with Crippen molar-refractivity contribution in [3.05, 3.63) is 29.3 Å². The molecule has 0 unspecified atom stereocenters. The second-order valence-electron chi connectivity index (χ2n) is 4.94. The molecular weight excluding hydrogens is 302 g/mol. The highest BCUT2D eigenvalue weighted by molar-refractivity contribution is 7.91. The Labute approximate surface area is 122 Å². The predicted octanol–water partition coefficient (Wildman–Crippen LogP) is 1.57. The van der Waals surface area contributed by atoms with Gasteiger partial charge in [-0.3, -0.25) is 4.79 Å². The van der Waals surface area contributed by atoms with E-state index in [4.69, 9.17) is 16.7 Å². The van der Waals surface area contributed by atoms with Gasteiger partial charge in [0.1, 0.15) is 6.04 Å². The third-order valence-corrected chi connectivity index (χ3v) is 5.73. The minimum atomic E-state index is -3.42. The Balaban J connectivity index is 1.98. The van der Waals surface area contributed by atoms with Crippen LogP contribution >= 0.6 is 11.6 Å². The lowest BCUT2D eigenvalue weighted by Crippen LogP contribution is -2.29. The molecule has 0 aliphatic carbocycles. The molecule has 1 aliphatic rings. The molecule has 1 aromatic rings. The Morgan fingerprint density at radius 2 is 2.10 bits per heavy atom. The average molecular weight is 318 g/mol. The molecule has 20 heavy (non-hydrogen) atoms. The Morgan fingerprint density at radius 3 is 2.70 bits per heavy atom. The van der Waals surface area contributed by atoms with Gasteiger partial charge >= 0.3 is 5.97 Å². The van der Waals surface area contributed by atoms with Crippen LogP contribution in [-0.4, -0.2) is 37.8 Å². The highest BCUT2D eigenvalue weighted by atomic mass is 35.5. The monoisotopic (exact) mass is 317 g/mol. The fourth-order valence-corrected chi connectivity index (χ4v) is 4.35. The van der Waals surface area contributed by atoms with E-state index in [1.165, 1.54) is 6.07 Å². The topological polar surface area (TPSA) is 83.5 Å². The quantitative estimate of drug-likeness (QED) is 0.861. The first kappa shape index (κ1) is 15.3. The molecule has 0 radical (unpaired) electrons. The van der Waals surface area contributed by atoms with E-state index < -0.39 is 21.8 Å². The molecule has 2 atom stereocenters. The molecule has 0 aromatic heterocycles. The highest BCUT2D eigenvalue weighted by Gasteiger charge is 2.30. The van der Waals surface area contributed by atoms with Crippen molar-refractivity contribution in [1.82, 2.24) is 5.32 Å². The molecular formula is C13H16ClNO4S. The number of rotatable bonds is 5. The highest BCUT2D eigenvalue weighted by Crippen LogP contribution is 2.25. The maximum absolute atomic E-state index is 12.2. The lowest BCUT2D eigenvalue weighted by molar-refractivity contribution is -0.139. The number of aliphatic carboxylic acids is 1. The number of carboxylic acid groups (broad SMARTS) is 1. The van der Waals surface area contributed by atoms with Gasteiger partial charge in [0.25, 0.3) is 0 Å². The summed E-state index contributed by atoms with van der Waals surface area (Å²) in [5.41, 5.74) is 0. The number of benzene rings is 1. The molecule has 0 saturated carbocycles. The number of halogens is 1. The second kappa shape index (κ2) is 6.11. The first-order chi connectivity index (χ1) is 9.40. The lowest BCUT2D eigenvalue weighted by Gasteiger charge is -2.10. The molecule has 0 spiro atoms. The third-order valence-electron chi connectivity index (χ3n) is 3.49. The van der Waals surface area contributed by atoms with E-state index >= 15 is 0 Å².